The Bertz CT molecular complexity index is 1370. The second-order valence-corrected chi connectivity index (χ2v) is 11.9. The minimum Gasteiger partial charge on any atom is -0.478 e. The minimum absolute atomic E-state index is 0.180. The van der Waals surface area contributed by atoms with Crippen molar-refractivity contribution in [3.8, 4) is 11.1 Å². The van der Waals surface area contributed by atoms with Gasteiger partial charge in [0, 0.05) is 30.2 Å². The van der Waals surface area contributed by atoms with Crippen LogP contribution >= 0.6 is 11.8 Å². The summed E-state index contributed by atoms with van der Waals surface area (Å²) in [7, 11) is -2.13. The summed E-state index contributed by atoms with van der Waals surface area (Å²) in [6, 6.07) is 18.5. The van der Waals surface area contributed by atoms with Crippen LogP contribution in [-0.2, 0) is 10.0 Å². The number of unbranched alkanes of at least 4 members (excludes halogenated alkanes) is 1. The van der Waals surface area contributed by atoms with E-state index in [1.54, 1.807) is 32.2 Å². The molecular formula is C28H32N2O4S2. The lowest BCUT2D eigenvalue weighted by Gasteiger charge is -2.29. The number of aromatic carboxylic acids is 1. The Morgan fingerprint density at radius 1 is 1.08 bits per heavy atom. The maximum absolute atomic E-state index is 14.0. The number of likely N-dealkylation sites (N-methyl/N-ethyl adjacent to an activating group) is 1. The van der Waals surface area contributed by atoms with E-state index >= 15 is 0 Å². The third-order valence-electron chi connectivity index (χ3n) is 6.95. The zero-order valence-corrected chi connectivity index (χ0v) is 22.7. The molecule has 1 aliphatic rings. The Morgan fingerprint density at radius 2 is 1.81 bits per heavy atom. The van der Waals surface area contributed by atoms with E-state index in [0.717, 1.165) is 41.0 Å². The molecule has 3 aromatic carbocycles. The molecule has 1 N–H and O–H groups in total. The molecule has 1 unspecified atom stereocenters. The van der Waals surface area contributed by atoms with Crippen LogP contribution in [0.3, 0.4) is 0 Å². The number of anilines is 2. The fourth-order valence-corrected chi connectivity index (χ4v) is 7.04. The Labute approximate surface area is 218 Å². The van der Waals surface area contributed by atoms with Gasteiger partial charge in [-0.15, -0.1) is 11.8 Å². The van der Waals surface area contributed by atoms with Gasteiger partial charge in [0.1, 0.15) is 4.90 Å². The maximum atomic E-state index is 14.0. The molecule has 0 fully saturated rings. The van der Waals surface area contributed by atoms with E-state index in [2.05, 4.69) is 11.8 Å². The fourth-order valence-electron chi connectivity index (χ4n) is 4.85. The number of thioether (sulfide) groups is 1. The summed E-state index contributed by atoms with van der Waals surface area (Å²) in [4.78, 5) is 15.0. The monoisotopic (exact) mass is 524 g/mol. The summed E-state index contributed by atoms with van der Waals surface area (Å²) in [5.41, 5.74) is 3.85. The molecule has 0 radical (unpaired) electrons. The molecule has 0 aromatic heterocycles. The summed E-state index contributed by atoms with van der Waals surface area (Å²) in [6.45, 7) is 4.43. The van der Waals surface area contributed by atoms with Gasteiger partial charge in [0.05, 0.1) is 11.3 Å². The molecule has 1 atom stereocenters. The summed E-state index contributed by atoms with van der Waals surface area (Å²) < 4.78 is 29.6. The molecule has 1 aliphatic heterocycles. The lowest BCUT2D eigenvalue weighted by molar-refractivity contribution is 0.0696. The number of sulfonamides is 1. The normalized spacial score (nSPS) is 17.4. The average Bonchev–Trinajstić information content (AvgIpc) is 2.95. The van der Waals surface area contributed by atoms with E-state index in [-0.39, 0.29) is 16.5 Å². The van der Waals surface area contributed by atoms with Crippen LogP contribution in [0.4, 0.5) is 11.4 Å². The summed E-state index contributed by atoms with van der Waals surface area (Å²) in [5.74, 6) is -1.00. The standard InChI is InChI=1S/C28H32N2O4S2/c1-5-6-11-21-18-30(20-12-8-7-9-13-20)25-17-26(35-4)24(16-27(25)36(33,34)29(21)3)22-14-10-15-23(19(22)2)28(31)32/h7-10,12-17,21H,5-6,11,18H2,1-4H3,(H,31,32). The van der Waals surface area contributed by atoms with Gasteiger partial charge in [-0.1, -0.05) is 50.1 Å². The molecule has 1 heterocycles. The fraction of sp³-hybridized carbons (Fsp3) is 0.321. The van der Waals surface area contributed by atoms with Crippen molar-refractivity contribution in [2.45, 2.75) is 48.9 Å². The predicted molar refractivity (Wildman–Crippen MR) is 147 cm³/mol. The molecular weight excluding hydrogens is 492 g/mol. The second-order valence-electron chi connectivity index (χ2n) is 9.07. The van der Waals surface area contributed by atoms with Gasteiger partial charge in [-0.2, -0.15) is 4.31 Å². The molecule has 0 saturated heterocycles. The van der Waals surface area contributed by atoms with Crippen molar-refractivity contribution >= 4 is 39.1 Å². The van der Waals surface area contributed by atoms with E-state index in [1.807, 2.05) is 48.7 Å². The largest absolute Gasteiger partial charge is 0.478 e. The number of nitrogens with zero attached hydrogens (tertiary/aromatic N) is 2. The second kappa shape index (κ2) is 10.7. The van der Waals surface area contributed by atoms with Crippen LogP contribution < -0.4 is 4.90 Å². The summed E-state index contributed by atoms with van der Waals surface area (Å²) in [5, 5.41) is 9.66. The smallest absolute Gasteiger partial charge is 0.335 e. The molecule has 6 nitrogen and oxygen atoms in total. The Kier molecular flexibility index (Phi) is 7.78. The van der Waals surface area contributed by atoms with E-state index in [4.69, 9.17) is 0 Å². The molecule has 8 heteroatoms. The predicted octanol–water partition coefficient (Wildman–Crippen LogP) is 6.41. The Balaban J connectivity index is 2.00. The van der Waals surface area contributed by atoms with Gasteiger partial charge in [0.2, 0.25) is 10.0 Å². The number of fused-ring (bicyclic) bond motifs is 1. The van der Waals surface area contributed by atoms with Crippen LogP contribution in [0.15, 0.2) is 70.5 Å². The highest BCUT2D eigenvalue weighted by molar-refractivity contribution is 7.98. The van der Waals surface area contributed by atoms with Gasteiger partial charge in [0.15, 0.2) is 0 Å². The van der Waals surface area contributed by atoms with Crippen LogP contribution in [0, 0.1) is 6.92 Å². The van der Waals surface area contributed by atoms with Crippen molar-refractivity contribution in [1.82, 2.24) is 4.31 Å². The number of carboxylic acids is 1. The molecule has 3 aromatic rings. The van der Waals surface area contributed by atoms with E-state index in [9.17, 15) is 18.3 Å². The highest BCUT2D eigenvalue weighted by Crippen LogP contribution is 2.44. The van der Waals surface area contributed by atoms with Crippen molar-refractivity contribution < 1.29 is 18.3 Å². The first-order valence-electron chi connectivity index (χ1n) is 12.1. The first kappa shape index (κ1) is 26.3. The zero-order chi connectivity index (χ0) is 26.0. The molecule has 190 valence electrons. The van der Waals surface area contributed by atoms with Crippen LogP contribution in [0.1, 0.15) is 42.1 Å². The first-order valence-corrected chi connectivity index (χ1v) is 14.7. The lowest BCUT2D eigenvalue weighted by Crippen LogP contribution is -2.40. The van der Waals surface area contributed by atoms with Crippen LogP contribution in [0.2, 0.25) is 0 Å². The summed E-state index contributed by atoms with van der Waals surface area (Å²) in [6.07, 6.45) is 4.65. The quantitative estimate of drug-likeness (QED) is 0.360. The average molecular weight is 525 g/mol. The van der Waals surface area contributed by atoms with E-state index in [1.165, 1.54) is 16.1 Å². The number of carboxylic acid groups (broad SMARTS) is 1. The summed E-state index contributed by atoms with van der Waals surface area (Å²) >= 11 is 1.52. The van der Waals surface area contributed by atoms with E-state index < -0.39 is 16.0 Å². The molecule has 0 bridgehead atoms. The van der Waals surface area contributed by atoms with Crippen molar-refractivity contribution in [3.05, 3.63) is 71.8 Å². The van der Waals surface area contributed by atoms with Gasteiger partial charge >= 0.3 is 5.97 Å². The van der Waals surface area contributed by atoms with Crippen molar-refractivity contribution in [2.24, 2.45) is 0 Å². The lowest BCUT2D eigenvalue weighted by atomic mass is 9.96. The van der Waals surface area contributed by atoms with Gasteiger partial charge in [-0.05, 0) is 66.6 Å². The SMILES string of the molecule is CCCCC1CN(c2ccccc2)c2cc(SC)c(-c3cccc(C(=O)O)c3C)cc2S(=O)(=O)N1C. The van der Waals surface area contributed by atoms with Crippen molar-refractivity contribution in [2.75, 3.05) is 24.7 Å². The van der Waals surface area contributed by atoms with E-state index in [0.29, 0.717) is 17.8 Å². The minimum atomic E-state index is -3.81. The van der Waals surface area contributed by atoms with Crippen LogP contribution in [0.5, 0.6) is 0 Å². The highest BCUT2D eigenvalue weighted by atomic mass is 32.2. The third-order valence-corrected chi connectivity index (χ3v) is 9.67. The van der Waals surface area contributed by atoms with Crippen molar-refractivity contribution in [3.63, 3.8) is 0 Å². The van der Waals surface area contributed by atoms with Gasteiger partial charge in [0.25, 0.3) is 0 Å². The maximum Gasteiger partial charge on any atom is 0.335 e. The molecule has 0 aliphatic carbocycles. The topological polar surface area (TPSA) is 77.9 Å². The Hall–Kier alpha value is -2.81. The van der Waals surface area contributed by atoms with Crippen molar-refractivity contribution in [1.29, 1.82) is 0 Å². The number of benzene rings is 3. The molecule has 0 spiro atoms. The van der Waals surface area contributed by atoms with Gasteiger partial charge in [-0.25, -0.2) is 13.2 Å². The highest BCUT2D eigenvalue weighted by Gasteiger charge is 2.37. The van der Waals surface area contributed by atoms with Gasteiger partial charge in [-0.3, -0.25) is 0 Å². The molecule has 36 heavy (non-hydrogen) atoms. The Morgan fingerprint density at radius 3 is 2.44 bits per heavy atom. The van der Waals surface area contributed by atoms with Crippen LogP contribution in [0.25, 0.3) is 11.1 Å². The zero-order valence-electron chi connectivity index (χ0n) is 21.1. The molecule has 0 amide bonds. The first-order chi connectivity index (χ1) is 17.2. The molecule has 0 saturated carbocycles. The van der Waals surface area contributed by atoms with Gasteiger partial charge < -0.3 is 10.0 Å². The number of rotatable bonds is 7. The van der Waals surface area contributed by atoms with Crippen LogP contribution in [-0.4, -0.2) is 49.7 Å². The molecule has 4 rings (SSSR count). The number of hydrogen-bond donors (Lipinski definition) is 1. The number of carbonyl (C=O) groups is 1. The number of hydrogen-bond acceptors (Lipinski definition) is 5. The number of para-hydroxylation sites is 1. The third kappa shape index (κ3) is 4.77.